The van der Waals surface area contributed by atoms with Crippen LogP contribution in [0.15, 0.2) is 18.2 Å². The van der Waals surface area contributed by atoms with Crippen LogP contribution in [0.1, 0.15) is 28.4 Å². The fraction of sp³-hybridized carbons (Fsp3) is 0.417. The summed E-state index contributed by atoms with van der Waals surface area (Å²) in [6.07, 6.45) is 1.20. The maximum absolute atomic E-state index is 11.5. The van der Waals surface area contributed by atoms with Gasteiger partial charge in [-0.2, -0.15) is 0 Å². The Labute approximate surface area is 89.1 Å². The zero-order valence-electron chi connectivity index (χ0n) is 8.79. The predicted molar refractivity (Wildman–Crippen MR) is 57.9 cm³/mol. The molecule has 80 valence electrons. The van der Waals surface area contributed by atoms with E-state index in [1.165, 1.54) is 0 Å². The molecule has 3 heteroatoms. The van der Waals surface area contributed by atoms with E-state index in [1.54, 1.807) is 6.92 Å². The maximum atomic E-state index is 11.5. The van der Waals surface area contributed by atoms with Crippen LogP contribution in [0.4, 0.5) is 0 Å². The summed E-state index contributed by atoms with van der Waals surface area (Å²) in [5, 5.41) is 12.1. The van der Waals surface area contributed by atoms with Crippen molar-refractivity contribution < 1.29 is 9.90 Å². The van der Waals surface area contributed by atoms with Crippen LogP contribution in [0.3, 0.4) is 0 Å². The van der Waals surface area contributed by atoms with Gasteiger partial charge < -0.3 is 10.4 Å². The van der Waals surface area contributed by atoms with Crippen LogP contribution in [-0.4, -0.2) is 23.7 Å². The molecule has 1 unspecified atom stereocenters. The summed E-state index contributed by atoms with van der Waals surface area (Å²) in [7, 11) is 0. The highest BCUT2D eigenvalue weighted by Crippen LogP contribution is 2.16. The van der Waals surface area contributed by atoms with Crippen LogP contribution in [0.25, 0.3) is 0 Å². The molecule has 1 aliphatic rings. The number of aliphatic hydroxyl groups is 1. The zero-order chi connectivity index (χ0) is 10.8. The molecule has 1 aromatic rings. The second-order valence-electron chi connectivity index (χ2n) is 4.05. The zero-order valence-corrected chi connectivity index (χ0v) is 8.79. The molecule has 0 radical (unpaired) electrons. The van der Waals surface area contributed by atoms with E-state index in [-0.39, 0.29) is 12.0 Å². The Morgan fingerprint density at radius 2 is 2.33 bits per heavy atom. The van der Waals surface area contributed by atoms with Gasteiger partial charge in [-0.1, -0.05) is 12.1 Å². The molecule has 2 N–H and O–H groups in total. The summed E-state index contributed by atoms with van der Waals surface area (Å²) in [6, 6.07) is 5.79. The molecular formula is C12H15NO2. The summed E-state index contributed by atoms with van der Waals surface area (Å²) in [4.78, 5) is 11.5. The van der Waals surface area contributed by atoms with E-state index in [4.69, 9.17) is 0 Å². The molecule has 0 fully saturated rings. The van der Waals surface area contributed by atoms with Crippen molar-refractivity contribution in [2.24, 2.45) is 0 Å². The number of aliphatic hydroxyl groups excluding tert-OH is 1. The summed E-state index contributed by atoms with van der Waals surface area (Å²) in [5.41, 5.74) is 2.96. The van der Waals surface area contributed by atoms with Crippen LogP contribution in [0, 0.1) is 0 Å². The van der Waals surface area contributed by atoms with Crippen molar-refractivity contribution in [2.75, 3.05) is 6.54 Å². The van der Waals surface area contributed by atoms with E-state index in [0.717, 1.165) is 23.1 Å². The van der Waals surface area contributed by atoms with E-state index in [0.29, 0.717) is 13.0 Å². The minimum absolute atomic E-state index is 0.0137. The Morgan fingerprint density at radius 1 is 1.53 bits per heavy atom. The Bertz CT molecular complexity index is 385. The van der Waals surface area contributed by atoms with Gasteiger partial charge >= 0.3 is 0 Å². The van der Waals surface area contributed by atoms with Crippen molar-refractivity contribution in [3.8, 4) is 0 Å². The second-order valence-corrected chi connectivity index (χ2v) is 4.05. The van der Waals surface area contributed by atoms with Crippen molar-refractivity contribution in [3.05, 3.63) is 34.9 Å². The van der Waals surface area contributed by atoms with Crippen molar-refractivity contribution in [3.63, 3.8) is 0 Å². The third-order valence-electron chi connectivity index (χ3n) is 2.63. The minimum atomic E-state index is -0.333. The fourth-order valence-electron chi connectivity index (χ4n) is 1.95. The maximum Gasteiger partial charge on any atom is 0.251 e. The number of benzene rings is 1. The van der Waals surface area contributed by atoms with Gasteiger partial charge in [0, 0.05) is 12.1 Å². The number of hydrogen-bond donors (Lipinski definition) is 2. The molecule has 2 rings (SSSR count). The molecule has 0 bridgehead atoms. The van der Waals surface area contributed by atoms with E-state index < -0.39 is 0 Å². The third kappa shape index (κ3) is 2.18. The monoisotopic (exact) mass is 205 g/mol. The molecule has 1 heterocycles. The predicted octanol–water partition coefficient (Wildman–Crippen LogP) is 0.896. The molecule has 0 spiro atoms. The van der Waals surface area contributed by atoms with Crippen LogP contribution >= 0.6 is 0 Å². The normalized spacial score (nSPS) is 16.8. The van der Waals surface area contributed by atoms with Gasteiger partial charge in [0.25, 0.3) is 5.91 Å². The van der Waals surface area contributed by atoms with E-state index in [1.807, 2.05) is 18.2 Å². The van der Waals surface area contributed by atoms with E-state index in [9.17, 15) is 9.90 Å². The average molecular weight is 205 g/mol. The average Bonchev–Trinajstić information content (AvgIpc) is 2.17. The smallest absolute Gasteiger partial charge is 0.251 e. The van der Waals surface area contributed by atoms with Gasteiger partial charge in [-0.15, -0.1) is 0 Å². The molecule has 3 nitrogen and oxygen atoms in total. The van der Waals surface area contributed by atoms with E-state index >= 15 is 0 Å². The molecule has 0 saturated carbocycles. The quantitative estimate of drug-likeness (QED) is 0.753. The molecule has 1 amide bonds. The van der Waals surface area contributed by atoms with Crippen molar-refractivity contribution in [2.45, 2.75) is 25.9 Å². The lowest BCUT2D eigenvalue weighted by atomic mass is 9.96. The molecule has 0 aromatic heterocycles. The van der Waals surface area contributed by atoms with Gasteiger partial charge in [0.15, 0.2) is 0 Å². The SMILES string of the molecule is CC(O)Cc1ccc2c(c1)CCNC2=O. The lowest BCUT2D eigenvalue weighted by Crippen LogP contribution is -2.31. The Morgan fingerprint density at radius 3 is 3.07 bits per heavy atom. The number of fused-ring (bicyclic) bond motifs is 1. The Kier molecular flexibility index (Phi) is 2.73. The van der Waals surface area contributed by atoms with Gasteiger partial charge in [-0.3, -0.25) is 4.79 Å². The first-order valence-corrected chi connectivity index (χ1v) is 5.25. The Balaban J connectivity index is 2.29. The minimum Gasteiger partial charge on any atom is -0.393 e. The Hall–Kier alpha value is -1.35. The van der Waals surface area contributed by atoms with Crippen LogP contribution < -0.4 is 5.32 Å². The van der Waals surface area contributed by atoms with Gasteiger partial charge in [-0.25, -0.2) is 0 Å². The first-order valence-electron chi connectivity index (χ1n) is 5.25. The number of carbonyl (C=O) groups is 1. The summed E-state index contributed by atoms with van der Waals surface area (Å²) in [5.74, 6) is 0.0137. The highest BCUT2D eigenvalue weighted by molar-refractivity contribution is 5.96. The highest BCUT2D eigenvalue weighted by Gasteiger charge is 2.16. The van der Waals surface area contributed by atoms with E-state index in [2.05, 4.69) is 5.32 Å². The molecule has 0 aliphatic carbocycles. The van der Waals surface area contributed by atoms with Crippen LogP contribution in [0.2, 0.25) is 0 Å². The van der Waals surface area contributed by atoms with Gasteiger partial charge in [0.05, 0.1) is 6.10 Å². The van der Waals surface area contributed by atoms with Crippen molar-refractivity contribution >= 4 is 5.91 Å². The largest absolute Gasteiger partial charge is 0.393 e. The number of nitrogens with one attached hydrogen (secondary N) is 1. The molecule has 0 saturated heterocycles. The lowest BCUT2D eigenvalue weighted by molar-refractivity contribution is 0.0946. The summed E-state index contributed by atoms with van der Waals surface area (Å²) >= 11 is 0. The fourth-order valence-corrected chi connectivity index (χ4v) is 1.95. The van der Waals surface area contributed by atoms with Crippen molar-refractivity contribution in [1.82, 2.24) is 5.32 Å². The van der Waals surface area contributed by atoms with Crippen LogP contribution in [-0.2, 0) is 12.8 Å². The van der Waals surface area contributed by atoms with Gasteiger partial charge in [0.1, 0.15) is 0 Å². The summed E-state index contributed by atoms with van der Waals surface area (Å²) in [6.45, 7) is 2.48. The molecular weight excluding hydrogens is 190 g/mol. The number of rotatable bonds is 2. The summed E-state index contributed by atoms with van der Waals surface area (Å²) < 4.78 is 0. The molecule has 1 aromatic carbocycles. The second kappa shape index (κ2) is 4.03. The lowest BCUT2D eigenvalue weighted by Gasteiger charge is -2.17. The number of hydrogen-bond acceptors (Lipinski definition) is 2. The van der Waals surface area contributed by atoms with Crippen LogP contribution in [0.5, 0.6) is 0 Å². The highest BCUT2D eigenvalue weighted by atomic mass is 16.3. The first-order chi connectivity index (χ1) is 7.16. The first kappa shape index (κ1) is 10.2. The van der Waals surface area contributed by atoms with Gasteiger partial charge in [0.2, 0.25) is 0 Å². The molecule has 15 heavy (non-hydrogen) atoms. The van der Waals surface area contributed by atoms with Crippen molar-refractivity contribution in [1.29, 1.82) is 0 Å². The standard InChI is InChI=1S/C12H15NO2/c1-8(14)6-9-2-3-11-10(7-9)4-5-13-12(11)15/h2-3,7-8,14H,4-6H2,1H3,(H,13,15). The third-order valence-corrected chi connectivity index (χ3v) is 2.63. The molecule has 1 aliphatic heterocycles. The molecule has 1 atom stereocenters. The van der Waals surface area contributed by atoms with Gasteiger partial charge in [-0.05, 0) is 37.0 Å². The number of carbonyl (C=O) groups excluding carboxylic acids is 1. The topological polar surface area (TPSA) is 49.3 Å². The number of amides is 1.